The zero-order chi connectivity index (χ0) is 4.24. The van der Waals surface area contributed by atoms with Crippen LogP contribution in [0.15, 0.2) is 12.7 Å². The quantitative estimate of drug-likeness (QED) is 0.533. The Bertz CT molecular complexity index is 84.0. The molecule has 0 fully saturated rings. The van der Waals surface area contributed by atoms with E-state index in [0.29, 0.717) is 0 Å². The number of halogens is 2. The molecule has 0 saturated carbocycles. The molecule has 8 heavy (non-hydrogen) atoms. The van der Waals surface area contributed by atoms with E-state index in [1.807, 2.05) is 0 Å². The van der Waals surface area contributed by atoms with E-state index in [2.05, 4.69) is 20.4 Å². The first-order valence-electron chi connectivity index (χ1n) is 1.43. The van der Waals surface area contributed by atoms with Crippen LogP contribution in [0.25, 0.3) is 0 Å². The van der Waals surface area contributed by atoms with Gasteiger partial charge in [-0.1, -0.05) is 0 Å². The molecule has 46 valence electrons. The Morgan fingerprint density at radius 1 is 0.625 bits per heavy atom. The molecule has 4 nitrogen and oxygen atoms in total. The fourth-order valence-corrected chi connectivity index (χ4v) is 0.165. The molecule has 0 unspecified atom stereocenters. The highest BCUT2D eigenvalue weighted by atomic mass is 35.5. The van der Waals surface area contributed by atoms with Crippen molar-refractivity contribution >= 4 is 24.8 Å². The topological polar surface area (TPSA) is 51.6 Å². The lowest BCUT2D eigenvalue weighted by Gasteiger charge is -1.68. The van der Waals surface area contributed by atoms with Crippen molar-refractivity contribution in [1.82, 2.24) is 20.4 Å². The minimum absolute atomic E-state index is 0. The molecule has 0 aliphatic carbocycles. The van der Waals surface area contributed by atoms with Crippen LogP contribution in [0.3, 0.4) is 0 Å². The van der Waals surface area contributed by atoms with Crippen LogP contribution in [-0.2, 0) is 0 Å². The molecule has 0 atom stereocenters. The van der Waals surface area contributed by atoms with Crippen LogP contribution in [-0.4, -0.2) is 20.4 Å². The molecule has 0 radical (unpaired) electrons. The van der Waals surface area contributed by atoms with Crippen molar-refractivity contribution in [1.29, 1.82) is 0 Å². The van der Waals surface area contributed by atoms with Gasteiger partial charge in [0.1, 0.15) is 0 Å². The third kappa shape index (κ3) is 3.70. The summed E-state index contributed by atoms with van der Waals surface area (Å²) < 4.78 is 0. The Hall–Kier alpha value is -0.480. The van der Waals surface area contributed by atoms with E-state index in [4.69, 9.17) is 0 Å². The van der Waals surface area contributed by atoms with E-state index in [0.717, 1.165) is 0 Å². The van der Waals surface area contributed by atoms with Gasteiger partial charge < -0.3 is 0 Å². The SMILES string of the molecule is Cl.Cl.c1nncnn1. The molecule has 0 aromatic carbocycles. The maximum Gasteiger partial charge on any atom is 0.160 e. The number of aromatic nitrogens is 4. The minimum Gasteiger partial charge on any atom is -0.147 e. The molecule has 6 heteroatoms. The van der Waals surface area contributed by atoms with Crippen molar-refractivity contribution in [3.05, 3.63) is 12.7 Å². The highest BCUT2D eigenvalue weighted by Crippen LogP contribution is 1.50. The van der Waals surface area contributed by atoms with Crippen LogP contribution in [0.1, 0.15) is 0 Å². The second-order valence-electron chi connectivity index (χ2n) is 0.693. The van der Waals surface area contributed by atoms with Crippen LogP contribution >= 0.6 is 24.8 Å². The normalized spacial score (nSPS) is 6.00. The van der Waals surface area contributed by atoms with Gasteiger partial charge >= 0.3 is 0 Å². The van der Waals surface area contributed by atoms with Crippen LogP contribution in [0.2, 0.25) is 0 Å². The smallest absolute Gasteiger partial charge is 0.147 e. The molecule has 1 rings (SSSR count). The van der Waals surface area contributed by atoms with Crippen LogP contribution in [0.5, 0.6) is 0 Å². The molecule has 1 heterocycles. The lowest BCUT2D eigenvalue weighted by atomic mass is 11.3. The predicted octanol–water partition coefficient (Wildman–Crippen LogP) is 0.110. The van der Waals surface area contributed by atoms with Gasteiger partial charge in [-0.15, -0.1) is 45.2 Å². The van der Waals surface area contributed by atoms with Gasteiger partial charge in [0.2, 0.25) is 0 Å². The second-order valence-corrected chi connectivity index (χ2v) is 0.693. The van der Waals surface area contributed by atoms with Gasteiger partial charge in [0, 0.05) is 0 Å². The highest BCUT2D eigenvalue weighted by molar-refractivity contribution is 5.85. The van der Waals surface area contributed by atoms with E-state index in [1.165, 1.54) is 12.7 Å². The van der Waals surface area contributed by atoms with E-state index in [-0.39, 0.29) is 24.8 Å². The summed E-state index contributed by atoms with van der Waals surface area (Å²) in [6, 6.07) is 0. The predicted molar refractivity (Wildman–Crippen MR) is 32.1 cm³/mol. The third-order valence-electron chi connectivity index (χ3n) is 0.340. The van der Waals surface area contributed by atoms with E-state index in [9.17, 15) is 0 Å². The van der Waals surface area contributed by atoms with Crippen LogP contribution in [0.4, 0.5) is 0 Å². The summed E-state index contributed by atoms with van der Waals surface area (Å²) >= 11 is 0. The average molecular weight is 155 g/mol. The molecule has 1 aromatic rings. The van der Waals surface area contributed by atoms with E-state index in [1.54, 1.807) is 0 Å². The minimum atomic E-state index is 0. The summed E-state index contributed by atoms with van der Waals surface area (Å²) in [6.45, 7) is 0. The standard InChI is InChI=1S/C2H2N4.2ClH/c1-3-5-2-6-4-1;;/h1-2H;2*1H. The zero-order valence-electron chi connectivity index (χ0n) is 3.76. The summed E-state index contributed by atoms with van der Waals surface area (Å²) in [5.74, 6) is 0. The Morgan fingerprint density at radius 3 is 1.00 bits per heavy atom. The molecule has 0 bridgehead atoms. The van der Waals surface area contributed by atoms with Gasteiger partial charge in [-0.2, -0.15) is 0 Å². The fraction of sp³-hybridized carbons (Fsp3) is 0. The molecule has 0 amide bonds. The van der Waals surface area contributed by atoms with E-state index >= 15 is 0 Å². The zero-order valence-corrected chi connectivity index (χ0v) is 5.39. The van der Waals surface area contributed by atoms with Crippen molar-refractivity contribution < 1.29 is 0 Å². The summed E-state index contributed by atoms with van der Waals surface area (Å²) in [4.78, 5) is 0. The second kappa shape index (κ2) is 6.52. The first kappa shape index (κ1) is 10.5. The Morgan fingerprint density at radius 2 is 0.875 bits per heavy atom. The van der Waals surface area contributed by atoms with Gasteiger partial charge in [-0.05, 0) is 0 Å². The van der Waals surface area contributed by atoms with Gasteiger partial charge in [0.15, 0.2) is 12.7 Å². The van der Waals surface area contributed by atoms with Gasteiger partial charge in [-0.25, -0.2) is 0 Å². The van der Waals surface area contributed by atoms with Crippen LogP contribution < -0.4 is 0 Å². The molecular weight excluding hydrogens is 151 g/mol. The van der Waals surface area contributed by atoms with Crippen molar-refractivity contribution in [2.24, 2.45) is 0 Å². The largest absolute Gasteiger partial charge is 0.160 e. The van der Waals surface area contributed by atoms with Crippen LogP contribution in [0, 0.1) is 0 Å². The summed E-state index contributed by atoms with van der Waals surface area (Å²) in [5.41, 5.74) is 0. The van der Waals surface area contributed by atoms with E-state index < -0.39 is 0 Å². The number of hydrogen-bond donors (Lipinski definition) is 0. The summed E-state index contributed by atoms with van der Waals surface area (Å²) in [5, 5.41) is 13.4. The number of nitrogens with zero attached hydrogens (tertiary/aromatic N) is 4. The summed E-state index contributed by atoms with van der Waals surface area (Å²) in [6.07, 6.45) is 2.56. The van der Waals surface area contributed by atoms with Gasteiger partial charge in [0.25, 0.3) is 0 Å². The molecule has 0 spiro atoms. The third-order valence-corrected chi connectivity index (χ3v) is 0.340. The molecule has 0 aliphatic rings. The fourth-order valence-electron chi connectivity index (χ4n) is 0.165. The summed E-state index contributed by atoms with van der Waals surface area (Å²) in [7, 11) is 0. The molecule has 0 saturated heterocycles. The van der Waals surface area contributed by atoms with Crippen molar-refractivity contribution in [2.75, 3.05) is 0 Å². The lowest BCUT2D eigenvalue weighted by Crippen LogP contribution is -1.81. The Kier molecular flexibility index (Phi) is 8.55. The van der Waals surface area contributed by atoms with Gasteiger partial charge in [0.05, 0.1) is 0 Å². The lowest BCUT2D eigenvalue weighted by molar-refractivity contribution is 0.853. The van der Waals surface area contributed by atoms with Crippen molar-refractivity contribution in [2.45, 2.75) is 0 Å². The molecule has 0 aliphatic heterocycles. The monoisotopic (exact) mass is 154 g/mol. The molecular formula is C2H4Cl2N4. The maximum atomic E-state index is 3.36. The maximum absolute atomic E-state index is 3.36. The Labute approximate surface area is 58.6 Å². The first-order chi connectivity index (χ1) is 3.00. The molecule has 0 N–H and O–H groups in total. The van der Waals surface area contributed by atoms with Gasteiger partial charge in [-0.3, -0.25) is 0 Å². The number of rotatable bonds is 0. The molecule has 1 aromatic heterocycles. The average Bonchev–Trinajstić information content (AvgIpc) is 1.72. The Balaban J connectivity index is 0. The number of hydrogen-bond acceptors (Lipinski definition) is 4. The highest BCUT2D eigenvalue weighted by Gasteiger charge is 1.61. The van der Waals surface area contributed by atoms with Crippen molar-refractivity contribution in [3.63, 3.8) is 0 Å². The first-order valence-corrected chi connectivity index (χ1v) is 1.43. The van der Waals surface area contributed by atoms with Crippen molar-refractivity contribution in [3.8, 4) is 0 Å².